The molecule has 0 aliphatic carbocycles. The largest absolute Gasteiger partial charge is 0.341 e. The molecule has 0 atom stereocenters. The summed E-state index contributed by atoms with van der Waals surface area (Å²) in [5.41, 5.74) is 3.85. The summed E-state index contributed by atoms with van der Waals surface area (Å²) < 4.78 is 2.06. The Hall–Kier alpha value is -1.84. The topological polar surface area (TPSA) is 38.1 Å². The zero-order valence-corrected chi connectivity index (χ0v) is 10.3. The lowest BCUT2D eigenvalue weighted by Crippen LogP contribution is -2.34. The van der Waals surface area contributed by atoms with E-state index in [0.29, 0.717) is 0 Å². The lowest BCUT2D eigenvalue weighted by Gasteiger charge is -2.23. The Labute approximate surface area is 99.9 Å². The second-order valence-corrected chi connectivity index (χ2v) is 4.68. The number of pyridine rings is 1. The van der Waals surface area contributed by atoms with Crippen molar-refractivity contribution in [3.63, 3.8) is 0 Å². The smallest absolute Gasteiger partial charge is 0.256 e. The summed E-state index contributed by atoms with van der Waals surface area (Å²) in [6.45, 7) is 2.76. The first kappa shape index (κ1) is 10.3. The average molecular weight is 229 g/mol. The van der Waals surface area contributed by atoms with Gasteiger partial charge in [0.15, 0.2) is 0 Å². The van der Waals surface area contributed by atoms with Crippen LogP contribution >= 0.6 is 0 Å². The van der Waals surface area contributed by atoms with Gasteiger partial charge in [-0.25, -0.2) is 4.98 Å². The second kappa shape index (κ2) is 3.32. The molecule has 0 saturated heterocycles. The normalized spacial score (nSPS) is 15.5. The molecule has 1 aliphatic rings. The number of nitrogens with zero attached hydrogens (tertiary/aromatic N) is 3. The Morgan fingerprint density at radius 2 is 2.06 bits per heavy atom. The van der Waals surface area contributed by atoms with E-state index >= 15 is 0 Å². The maximum absolute atomic E-state index is 12.2. The number of aromatic nitrogens is 2. The van der Waals surface area contributed by atoms with E-state index in [1.165, 1.54) is 0 Å². The van der Waals surface area contributed by atoms with Crippen molar-refractivity contribution in [2.24, 2.45) is 7.05 Å². The molecular formula is C13H15N3O. The van der Waals surface area contributed by atoms with Gasteiger partial charge in [0.05, 0.1) is 5.56 Å². The fourth-order valence-corrected chi connectivity index (χ4v) is 2.54. The fraction of sp³-hybridized carbons (Fsp3) is 0.385. The van der Waals surface area contributed by atoms with Crippen molar-refractivity contribution in [3.05, 3.63) is 29.1 Å². The first-order valence-electron chi connectivity index (χ1n) is 5.80. The highest BCUT2D eigenvalue weighted by atomic mass is 16.2. The predicted octanol–water partition coefficient (Wildman–Crippen LogP) is 1.51. The fourth-order valence-electron chi connectivity index (χ4n) is 2.54. The summed E-state index contributed by atoms with van der Waals surface area (Å²) in [6.07, 6.45) is 0.906. The number of amides is 1. The van der Waals surface area contributed by atoms with Gasteiger partial charge in [0.2, 0.25) is 0 Å². The van der Waals surface area contributed by atoms with Crippen LogP contribution in [0.1, 0.15) is 21.7 Å². The number of rotatable bonds is 0. The van der Waals surface area contributed by atoms with Gasteiger partial charge in [0, 0.05) is 43.8 Å². The molecule has 0 unspecified atom stereocenters. The summed E-state index contributed by atoms with van der Waals surface area (Å²) >= 11 is 0. The van der Waals surface area contributed by atoms with E-state index in [9.17, 15) is 4.79 Å². The van der Waals surface area contributed by atoms with Crippen molar-refractivity contribution >= 4 is 16.9 Å². The number of hydrogen-bond donors (Lipinski definition) is 0. The number of carbonyl (C=O) groups excluding carboxylic acids is 1. The Kier molecular flexibility index (Phi) is 2.02. The van der Waals surface area contributed by atoms with E-state index in [2.05, 4.69) is 9.55 Å². The van der Waals surface area contributed by atoms with Crippen LogP contribution in [-0.4, -0.2) is 34.0 Å². The van der Waals surface area contributed by atoms with Gasteiger partial charge in [-0.3, -0.25) is 4.79 Å². The Bertz CT molecular complexity index is 627. The first-order valence-corrected chi connectivity index (χ1v) is 5.80. The quantitative estimate of drug-likeness (QED) is 0.686. The second-order valence-electron chi connectivity index (χ2n) is 4.68. The number of hydrogen-bond acceptors (Lipinski definition) is 2. The van der Waals surface area contributed by atoms with Crippen molar-refractivity contribution in [3.8, 4) is 0 Å². The molecule has 4 nitrogen and oxygen atoms in total. The maximum atomic E-state index is 12.2. The third-order valence-corrected chi connectivity index (χ3v) is 3.54. The van der Waals surface area contributed by atoms with E-state index in [0.717, 1.165) is 41.0 Å². The van der Waals surface area contributed by atoms with Crippen LogP contribution in [0.2, 0.25) is 0 Å². The van der Waals surface area contributed by atoms with Crippen LogP contribution in [0.25, 0.3) is 11.0 Å². The molecule has 0 aromatic carbocycles. The minimum Gasteiger partial charge on any atom is -0.341 e. The molecule has 2 aromatic rings. The van der Waals surface area contributed by atoms with E-state index < -0.39 is 0 Å². The van der Waals surface area contributed by atoms with Crippen molar-refractivity contribution < 1.29 is 4.79 Å². The van der Waals surface area contributed by atoms with E-state index in [1.54, 1.807) is 4.90 Å². The molecule has 0 bridgehead atoms. The lowest BCUT2D eigenvalue weighted by molar-refractivity contribution is 0.0781. The van der Waals surface area contributed by atoms with E-state index in [4.69, 9.17) is 0 Å². The van der Waals surface area contributed by atoms with Gasteiger partial charge in [-0.05, 0) is 19.1 Å². The molecule has 88 valence electrons. The third-order valence-electron chi connectivity index (χ3n) is 3.54. The van der Waals surface area contributed by atoms with Gasteiger partial charge < -0.3 is 9.47 Å². The van der Waals surface area contributed by atoms with Crippen molar-refractivity contribution in [2.75, 3.05) is 13.6 Å². The molecule has 0 saturated carbocycles. The Balaban J connectivity index is 2.39. The highest BCUT2D eigenvalue weighted by Crippen LogP contribution is 2.28. The molecule has 2 aromatic heterocycles. The molecule has 17 heavy (non-hydrogen) atoms. The number of aryl methyl sites for hydroxylation is 2. The maximum Gasteiger partial charge on any atom is 0.256 e. The summed E-state index contributed by atoms with van der Waals surface area (Å²) in [6, 6.07) is 3.97. The van der Waals surface area contributed by atoms with Gasteiger partial charge in [0.1, 0.15) is 5.65 Å². The zero-order valence-electron chi connectivity index (χ0n) is 10.3. The van der Waals surface area contributed by atoms with Gasteiger partial charge in [-0.1, -0.05) is 0 Å². The zero-order chi connectivity index (χ0) is 12.2. The molecule has 0 radical (unpaired) electrons. The van der Waals surface area contributed by atoms with Crippen LogP contribution in [0.15, 0.2) is 12.1 Å². The summed E-state index contributed by atoms with van der Waals surface area (Å²) in [5, 5.41) is 0.977. The molecule has 0 N–H and O–H groups in total. The molecule has 1 amide bonds. The molecule has 1 aliphatic heterocycles. The Morgan fingerprint density at radius 1 is 1.29 bits per heavy atom. The van der Waals surface area contributed by atoms with Gasteiger partial charge >= 0.3 is 0 Å². The minimum atomic E-state index is 0.113. The molecule has 0 fully saturated rings. The molecule has 0 spiro atoms. The van der Waals surface area contributed by atoms with Crippen LogP contribution in [-0.2, 0) is 13.5 Å². The summed E-state index contributed by atoms with van der Waals surface area (Å²) in [7, 11) is 3.85. The monoisotopic (exact) mass is 229 g/mol. The van der Waals surface area contributed by atoms with Crippen molar-refractivity contribution in [1.29, 1.82) is 0 Å². The molecule has 4 heteroatoms. The van der Waals surface area contributed by atoms with Gasteiger partial charge in [-0.15, -0.1) is 0 Å². The van der Waals surface area contributed by atoms with Crippen molar-refractivity contribution in [1.82, 2.24) is 14.5 Å². The number of likely N-dealkylation sites (N-methyl/N-ethyl adjacent to an activating group) is 1. The minimum absolute atomic E-state index is 0.113. The SMILES string of the molecule is Cc1ccc2c3c(n(C)c2n1)CCN(C)C3=O. The van der Waals surface area contributed by atoms with Gasteiger partial charge in [-0.2, -0.15) is 0 Å². The molecule has 3 heterocycles. The summed E-state index contributed by atoms with van der Waals surface area (Å²) in [5.74, 6) is 0.113. The van der Waals surface area contributed by atoms with Crippen LogP contribution in [0.4, 0.5) is 0 Å². The van der Waals surface area contributed by atoms with Crippen LogP contribution < -0.4 is 0 Å². The lowest BCUT2D eigenvalue weighted by atomic mass is 10.0. The van der Waals surface area contributed by atoms with Gasteiger partial charge in [0.25, 0.3) is 5.91 Å². The van der Waals surface area contributed by atoms with Crippen molar-refractivity contribution in [2.45, 2.75) is 13.3 Å². The van der Waals surface area contributed by atoms with E-state index in [-0.39, 0.29) is 5.91 Å². The average Bonchev–Trinajstić information content (AvgIpc) is 2.58. The van der Waals surface area contributed by atoms with Crippen LogP contribution in [0.3, 0.4) is 0 Å². The van der Waals surface area contributed by atoms with E-state index in [1.807, 2.05) is 33.2 Å². The number of carbonyl (C=O) groups is 1. The first-order chi connectivity index (χ1) is 8.09. The van der Waals surface area contributed by atoms with Crippen LogP contribution in [0, 0.1) is 6.92 Å². The predicted molar refractivity (Wildman–Crippen MR) is 66.1 cm³/mol. The highest BCUT2D eigenvalue weighted by Gasteiger charge is 2.28. The van der Waals surface area contributed by atoms with Crippen LogP contribution in [0.5, 0.6) is 0 Å². The standard InChI is InChI=1S/C13H15N3O/c1-8-4-5-9-11-10(16(3)12(9)14-8)6-7-15(2)13(11)17/h4-5H,6-7H2,1-3H3. The molecular weight excluding hydrogens is 214 g/mol. The number of fused-ring (bicyclic) bond motifs is 3. The molecule has 3 rings (SSSR count). The summed E-state index contributed by atoms with van der Waals surface area (Å²) in [4.78, 5) is 18.5. The Morgan fingerprint density at radius 3 is 2.82 bits per heavy atom. The third kappa shape index (κ3) is 1.30. The highest BCUT2D eigenvalue weighted by molar-refractivity contribution is 6.08.